The van der Waals surface area contributed by atoms with Gasteiger partial charge in [-0.05, 0) is 50.5 Å². The number of rotatable bonds is 4. The first kappa shape index (κ1) is 13.2. The van der Waals surface area contributed by atoms with Gasteiger partial charge in [0.15, 0.2) is 0 Å². The second-order valence-corrected chi connectivity index (χ2v) is 5.04. The largest absolute Gasteiger partial charge is 0.494 e. The van der Waals surface area contributed by atoms with Gasteiger partial charge < -0.3 is 10.1 Å². The summed E-state index contributed by atoms with van der Waals surface area (Å²) in [7, 11) is 0. The molecule has 1 aliphatic rings. The molecule has 1 saturated carbocycles. The summed E-state index contributed by atoms with van der Waals surface area (Å²) in [6, 6.07) is 7.28. The van der Waals surface area contributed by atoms with Crippen LogP contribution in [0, 0.1) is 0 Å². The Labute approximate surface area is 112 Å². The summed E-state index contributed by atoms with van der Waals surface area (Å²) in [5.41, 5.74) is 0.647. The third kappa shape index (κ3) is 3.16. The molecule has 3 nitrogen and oxygen atoms in total. The van der Waals surface area contributed by atoms with Crippen LogP contribution in [0.5, 0.6) is 5.75 Å². The number of halogens is 1. The first-order chi connectivity index (χ1) is 8.70. The van der Waals surface area contributed by atoms with E-state index in [2.05, 4.69) is 5.32 Å². The van der Waals surface area contributed by atoms with Crippen LogP contribution in [0.3, 0.4) is 0 Å². The second-order valence-electron chi connectivity index (χ2n) is 4.48. The summed E-state index contributed by atoms with van der Waals surface area (Å²) in [5, 5.41) is 3.05. The van der Waals surface area contributed by atoms with Gasteiger partial charge in [-0.25, -0.2) is 0 Å². The standard InChI is InChI=1S/C14H18ClNO2/c1-2-18-11-8-6-10(7-9-11)14(17)16-13-5-3-4-12(13)15/h6-9,12-13H,2-5H2,1H3,(H,16,17). The fourth-order valence-corrected chi connectivity index (χ4v) is 2.54. The smallest absolute Gasteiger partial charge is 0.251 e. The highest BCUT2D eigenvalue weighted by Gasteiger charge is 2.26. The number of nitrogens with one attached hydrogen (secondary N) is 1. The van der Waals surface area contributed by atoms with E-state index in [1.807, 2.05) is 19.1 Å². The zero-order valence-electron chi connectivity index (χ0n) is 10.5. The number of alkyl halides is 1. The molecular weight excluding hydrogens is 250 g/mol. The number of carbonyl (C=O) groups excluding carboxylic acids is 1. The van der Waals surface area contributed by atoms with Gasteiger partial charge in [-0.3, -0.25) is 4.79 Å². The van der Waals surface area contributed by atoms with Crippen LogP contribution < -0.4 is 10.1 Å². The SMILES string of the molecule is CCOc1ccc(C(=O)NC2CCCC2Cl)cc1. The topological polar surface area (TPSA) is 38.3 Å². The Balaban J connectivity index is 1.96. The molecule has 0 bridgehead atoms. The van der Waals surface area contributed by atoms with Gasteiger partial charge in [0.2, 0.25) is 0 Å². The van der Waals surface area contributed by atoms with E-state index in [0.717, 1.165) is 25.0 Å². The number of hydrogen-bond donors (Lipinski definition) is 1. The van der Waals surface area contributed by atoms with Gasteiger partial charge in [-0.15, -0.1) is 11.6 Å². The van der Waals surface area contributed by atoms with Crippen molar-refractivity contribution in [2.45, 2.75) is 37.6 Å². The monoisotopic (exact) mass is 267 g/mol. The molecule has 2 unspecified atom stereocenters. The molecule has 0 spiro atoms. The summed E-state index contributed by atoms with van der Waals surface area (Å²) in [6.07, 6.45) is 3.04. The van der Waals surface area contributed by atoms with Crippen molar-refractivity contribution < 1.29 is 9.53 Å². The Morgan fingerprint density at radius 2 is 2.11 bits per heavy atom. The molecule has 4 heteroatoms. The molecule has 1 aromatic rings. The van der Waals surface area contributed by atoms with Gasteiger partial charge in [-0.1, -0.05) is 0 Å². The zero-order valence-corrected chi connectivity index (χ0v) is 11.2. The van der Waals surface area contributed by atoms with E-state index in [9.17, 15) is 4.79 Å². The highest BCUT2D eigenvalue weighted by atomic mass is 35.5. The minimum absolute atomic E-state index is 0.0596. The Morgan fingerprint density at radius 1 is 1.39 bits per heavy atom. The molecule has 0 heterocycles. The number of hydrogen-bond acceptors (Lipinski definition) is 2. The summed E-state index contributed by atoms with van der Waals surface area (Å²) in [5.74, 6) is 0.723. The van der Waals surface area contributed by atoms with E-state index in [1.54, 1.807) is 12.1 Å². The third-order valence-electron chi connectivity index (χ3n) is 3.18. The summed E-state index contributed by atoms with van der Waals surface area (Å²) in [4.78, 5) is 12.0. The van der Waals surface area contributed by atoms with Crippen LogP contribution >= 0.6 is 11.6 Å². The maximum absolute atomic E-state index is 12.0. The minimum atomic E-state index is -0.0596. The summed E-state index contributed by atoms with van der Waals surface area (Å²) in [6.45, 7) is 2.56. The van der Waals surface area contributed by atoms with Crippen LogP contribution in [0.1, 0.15) is 36.5 Å². The van der Waals surface area contributed by atoms with E-state index < -0.39 is 0 Å². The Morgan fingerprint density at radius 3 is 2.67 bits per heavy atom. The second kappa shape index (κ2) is 6.10. The van der Waals surface area contributed by atoms with Crippen molar-refractivity contribution in [3.63, 3.8) is 0 Å². The molecule has 1 aromatic carbocycles. The number of carbonyl (C=O) groups is 1. The van der Waals surface area contributed by atoms with Crippen molar-refractivity contribution >= 4 is 17.5 Å². The van der Waals surface area contributed by atoms with Crippen molar-refractivity contribution in [1.82, 2.24) is 5.32 Å². The maximum Gasteiger partial charge on any atom is 0.251 e. The average molecular weight is 268 g/mol. The van der Waals surface area contributed by atoms with Crippen molar-refractivity contribution in [1.29, 1.82) is 0 Å². The molecule has 0 saturated heterocycles. The van der Waals surface area contributed by atoms with Gasteiger partial charge in [0.05, 0.1) is 12.0 Å². The molecule has 18 heavy (non-hydrogen) atoms. The van der Waals surface area contributed by atoms with Crippen LogP contribution in [0.15, 0.2) is 24.3 Å². The van der Waals surface area contributed by atoms with Crippen LogP contribution in [0.4, 0.5) is 0 Å². The number of ether oxygens (including phenoxy) is 1. The minimum Gasteiger partial charge on any atom is -0.494 e. The Bertz CT molecular complexity index is 405. The van der Waals surface area contributed by atoms with Crippen LogP contribution in [0.2, 0.25) is 0 Å². The first-order valence-corrected chi connectivity index (χ1v) is 6.82. The molecule has 2 atom stereocenters. The highest BCUT2D eigenvalue weighted by molar-refractivity contribution is 6.21. The lowest BCUT2D eigenvalue weighted by molar-refractivity contribution is 0.0938. The Kier molecular flexibility index (Phi) is 4.48. The molecule has 98 valence electrons. The lowest BCUT2D eigenvalue weighted by Crippen LogP contribution is -2.37. The van der Waals surface area contributed by atoms with E-state index in [0.29, 0.717) is 12.2 Å². The average Bonchev–Trinajstić information content (AvgIpc) is 2.76. The van der Waals surface area contributed by atoms with Gasteiger partial charge in [-0.2, -0.15) is 0 Å². The number of amides is 1. The molecule has 2 rings (SSSR count). The molecule has 0 radical (unpaired) electrons. The predicted octanol–water partition coefficient (Wildman–Crippen LogP) is 2.98. The normalized spacial score (nSPS) is 22.8. The molecule has 1 fully saturated rings. The van der Waals surface area contributed by atoms with E-state index >= 15 is 0 Å². The van der Waals surface area contributed by atoms with Gasteiger partial charge in [0.1, 0.15) is 5.75 Å². The van der Waals surface area contributed by atoms with Gasteiger partial charge >= 0.3 is 0 Å². The first-order valence-electron chi connectivity index (χ1n) is 6.38. The molecule has 1 N–H and O–H groups in total. The Hall–Kier alpha value is -1.22. The molecular formula is C14H18ClNO2. The predicted molar refractivity (Wildman–Crippen MR) is 72.4 cm³/mol. The lowest BCUT2D eigenvalue weighted by atomic mass is 10.1. The number of benzene rings is 1. The van der Waals surface area contributed by atoms with Crippen molar-refractivity contribution in [2.24, 2.45) is 0 Å². The van der Waals surface area contributed by atoms with Gasteiger partial charge in [0.25, 0.3) is 5.91 Å². The molecule has 1 aliphatic carbocycles. The van der Waals surface area contributed by atoms with Crippen LogP contribution in [0.25, 0.3) is 0 Å². The molecule has 0 aliphatic heterocycles. The summed E-state index contributed by atoms with van der Waals surface area (Å²) < 4.78 is 5.34. The fraction of sp³-hybridized carbons (Fsp3) is 0.500. The van der Waals surface area contributed by atoms with Crippen molar-refractivity contribution in [3.8, 4) is 5.75 Å². The molecule has 0 aromatic heterocycles. The lowest BCUT2D eigenvalue weighted by Gasteiger charge is -2.15. The zero-order chi connectivity index (χ0) is 13.0. The third-order valence-corrected chi connectivity index (χ3v) is 3.70. The quantitative estimate of drug-likeness (QED) is 0.852. The van der Waals surface area contributed by atoms with Gasteiger partial charge in [0, 0.05) is 11.6 Å². The van der Waals surface area contributed by atoms with E-state index in [1.165, 1.54) is 0 Å². The van der Waals surface area contributed by atoms with E-state index in [4.69, 9.17) is 16.3 Å². The molecule has 1 amide bonds. The van der Waals surface area contributed by atoms with Crippen molar-refractivity contribution in [2.75, 3.05) is 6.61 Å². The maximum atomic E-state index is 12.0. The fourth-order valence-electron chi connectivity index (χ4n) is 2.20. The van der Waals surface area contributed by atoms with Crippen molar-refractivity contribution in [3.05, 3.63) is 29.8 Å². The summed E-state index contributed by atoms with van der Waals surface area (Å²) >= 11 is 6.14. The van der Waals surface area contributed by atoms with Crippen LogP contribution in [-0.2, 0) is 0 Å². The van der Waals surface area contributed by atoms with Crippen LogP contribution in [-0.4, -0.2) is 23.9 Å². The highest BCUT2D eigenvalue weighted by Crippen LogP contribution is 2.24. The van der Waals surface area contributed by atoms with E-state index in [-0.39, 0.29) is 17.3 Å².